The zero-order valence-corrected chi connectivity index (χ0v) is 16.8. The maximum absolute atomic E-state index is 12.6. The minimum absolute atomic E-state index is 0.0759. The number of likely N-dealkylation sites (N-methyl/N-ethyl adjacent to an activating group) is 1. The van der Waals surface area contributed by atoms with E-state index in [1.54, 1.807) is 6.07 Å². The summed E-state index contributed by atoms with van der Waals surface area (Å²) in [5, 5.41) is 38.1. The standard InChI is InChI=1S/C22H25NO7/c1-3-10-30-22(29)16(11-15-5-8-18(25)20(27)13-15)23(2)21(28)9-6-14-4-7-17(24)19(26)12-14/h4-9,12-13,16,24-27H,3,10-11H2,1-2H3/b9-6+/t16-/m0/s1. The van der Waals surface area contributed by atoms with Gasteiger partial charge in [-0.1, -0.05) is 19.1 Å². The van der Waals surface area contributed by atoms with E-state index in [1.165, 1.54) is 54.4 Å². The van der Waals surface area contributed by atoms with Crippen LogP contribution in [0, 0.1) is 0 Å². The van der Waals surface area contributed by atoms with Gasteiger partial charge in [0.05, 0.1) is 6.61 Å². The van der Waals surface area contributed by atoms with Gasteiger partial charge in [0.25, 0.3) is 0 Å². The maximum atomic E-state index is 12.6. The quantitative estimate of drug-likeness (QED) is 0.296. The molecule has 2 rings (SSSR count). The number of hydrogen-bond donors (Lipinski definition) is 4. The Labute approximate surface area is 174 Å². The average Bonchev–Trinajstić information content (AvgIpc) is 2.72. The second-order valence-corrected chi connectivity index (χ2v) is 6.74. The molecule has 0 spiro atoms. The third kappa shape index (κ3) is 5.91. The van der Waals surface area contributed by atoms with Gasteiger partial charge in [0, 0.05) is 19.5 Å². The second kappa shape index (κ2) is 10.2. The first kappa shape index (κ1) is 22.6. The van der Waals surface area contributed by atoms with Crippen molar-refractivity contribution < 1.29 is 34.8 Å². The molecule has 0 aliphatic rings. The zero-order valence-electron chi connectivity index (χ0n) is 16.8. The molecule has 0 fully saturated rings. The van der Waals surface area contributed by atoms with E-state index in [9.17, 15) is 30.0 Å². The van der Waals surface area contributed by atoms with Gasteiger partial charge in [-0.2, -0.15) is 0 Å². The van der Waals surface area contributed by atoms with Crippen molar-refractivity contribution in [1.29, 1.82) is 0 Å². The van der Waals surface area contributed by atoms with E-state index in [-0.39, 0.29) is 36.0 Å². The van der Waals surface area contributed by atoms with E-state index in [4.69, 9.17) is 4.74 Å². The van der Waals surface area contributed by atoms with E-state index in [0.29, 0.717) is 17.5 Å². The molecular formula is C22H25NO7. The fourth-order valence-electron chi connectivity index (χ4n) is 2.68. The Morgan fingerprint density at radius 3 is 2.23 bits per heavy atom. The number of aromatic hydroxyl groups is 4. The highest BCUT2D eigenvalue weighted by atomic mass is 16.5. The highest BCUT2D eigenvalue weighted by Gasteiger charge is 2.28. The van der Waals surface area contributed by atoms with Gasteiger partial charge in [0.15, 0.2) is 23.0 Å². The number of phenols is 4. The maximum Gasteiger partial charge on any atom is 0.329 e. The van der Waals surface area contributed by atoms with Gasteiger partial charge in [-0.25, -0.2) is 4.79 Å². The van der Waals surface area contributed by atoms with Crippen LogP contribution in [0.25, 0.3) is 6.08 Å². The Morgan fingerprint density at radius 2 is 1.63 bits per heavy atom. The molecule has 1 amide bonds. The van der Waals surface area contributed by atoms with Crippen LogP contribution in [0.5, 0.6) is 23.0 Å². The van der Waals surface area contributed by atoms with Gasteiger partial charge in [-0.05, 0) is 47.9 Å². The molecule has 0 saturated heterocycles. The lowest BCUT2D eigenvalue weighted by molar-refractivity contribution is -0.153. The molecule has 0 aliphatic heterocycles. The molecule has 160 valence electrons. The molecule has 30 heavy (non-hydrogen) atoms. The van der Waals surface area contributed by atoms with Gasteiger partial charge >= 0.3 is 5.97 Å². The molecule has 1 atom stereocenters. The Morgan fingerprint density at radius 1 is 1.00 bits per heavy atom. The summed E-state index contributed by atoms with van der Waals surface area (Å²) in [5.41, 5.74) is 1.02. The smallest absolute Gasteiger partial charge is 0.329 e. The lowest BCUT2D eigenvalue weighted by Gasteiger charge is -2.26. The molecule has 4 N–H and O–H groups in total. The summed E-state index contributed by atoms with van der Waals surface area (Å²) in [6.45, 7) is 2.06. The number of hydrogen-bond acceptors (Lipinski definition) is 7. The van der Waals surface area contributed by atoms with Crippen molar-refractivity contribution in [3.05, 3.63) is 53.6 Å². The van der Waals surface area contributed by atoms with Gasteiger partial charge in [-0.15, -0.1) is 0 Å². The summed E-state index contributed by atoms with van der Waals surface area (Å²) < 4.78 is 5.21. The van der Waals surface area contributed by atoms with Crippen molar-refractivity contribution in [3.63, 3.8) is 0 Å². The van der Waals surface area contributed by atoms with Gasteiger partial charge in [0.1, 0.15) is 6.04 Å². The molecule has 2 aromatic rings. The molecule has 8 nitrogen and oxygen atoms in total. The average molecular weight is 415 g/mol. The van der Waals surface area contributed by atoms with Gasteiger partial charge < -0.3 is 30.1 Å². The Kier molecular flexibility index (Phi) is 7.69. The Hall–Kier alpha value is -3.68. The minimum atomic E-state index is -0.953. The van der Waals surface area contributed by atoms with Crippen molar-refractivity contribution in [2.75, 3.05) is 13.7 Å². The summed E-state index contributed by atoms with van der Waals surface area (Å²) in [7, 11) is 1.46. The summed E-state index contributed by atoms with van der Waals surface area (Å²) in [4.78, 5) is 26.4. The lowest BCUT2D eigenvalue weighted by Crippen LogP contribution is -2.44. The number of carbonyl (C=O) groups excluding carboxylic acids is 2. The van der Waals surface area contributed by atoms with Crippen LogP contribution in [-0.4, -0.2) is 56.9 Å². The molecule has 0 aliphatic carbocycles. The van der Waals surface area contributed by atoms with Crippen molar-refractivity contribution in [2.45, 2.75) is 25.8 Å². The normalized spacial score (nSPS) is 11.9. The summed E-state index contributed by atoms with van der Waals surface area (Å²) in [6.07, 6.45) is 3.38. The Bertz CT molecular complexity index is 939. The SMILES string of the molecule is CCCOC(=O)[C@H](Cc1ccc(O)c(O)c1)N(C)C(=O)/C=C/c1ccc(O)c(O)c1. The number of benzene rings is 2. The molecule has 0 heterocycles. The van der Waals surface area contributed by atoms with Crippen LogP contribution in [0.15, 0.2) is 42.5 Å². The first-order chi connectivity index (χ1) is 14.2. The number of esters is 1. The molecule has 0 saturated carbocycles. The molecule has 8 heteroatoms. The number of phenolic OH excluding ortho intramolecular Hbond substituents is 4. The fourth-order valence-corrected chi connectivity index (χ4v) is 2.68. The van der Waals surface area contributed by atoms with Crippen LogP contribution in [-0.2, 0) is 20.7 Å². The van der Waals surface area contributed by atoms with Crippen molar-refractivity contribution in [3.8, 4) is 23.0 Å². The van der Waals surface area contributed by atoms with E-state index in [1.807, 2.05) is 6.92 Å². The topological polar surface area (TPSA) is 128 Å². The van der Waals surface area contributed by atoms with E-state index < -0.39 is 17.9 Å². The number of rotatable bonds is 8. The highest BCUT2D eigenvalue weighted by molar-refractivity contribution is 5.94. The van der Waals surface area contributed by atoms with E-state index in [0.717, 1.165) is 0 Å². The van der Waals surface area contributed by atoms with Crippen LogP contribution in [0.4, 0.5) is 0 Å². The summed E-state index contributed by atoms with van der Waals surface area (Å²) >= 11 is 0. The van der Waals surface area contributed by atoms with Crippen LogP contribution in [0.1, 0.15) is 24.5 Å². The van der Waals surface area contributed by atoms with E-state index >= 15 is 0 Å². The largest absolute Gasteiger partial charge is 0.504 e. The van der Waals surface area contributed by atoms with Gasteiger partial charge in [0.2, 0.25) is 5.91 Å². The van der Waals surface area contributed by atoms with Crippen LogP contribution >= 0.6 is 0 Å². The minimum Gasteiger partial charge on any atom is -0.504 e. The number of amides is 1. The van der Waals surface area contributed by atoms with Crippen molar-refractivity contribution in [1.82, 2.24) is 4.90 Å². The zero-order chi connectivity index (χ0) is 22.3. The van der Waals surface area contributed by atoms with Gasteiger partial charge in [-0.3, -0.25) is 4.79 Å². The predicted molar refractivity (Wildman–Crippen MR) is 110 cm³/mol. The molecule has 0 aromatic heterocycles. The van der Waals surface area contributed by atoms with Crippen LogP contribution < -0.4 is 0 Å². The predicted octanol–water partition coefficient (Wildman–Crippen LogP) is 2.55. The molecule has 2 aromatic carbocycles. The third-order valence-electron chi connectivity index (χ3n) is 4.42. The molecule has 0 unspecified atom stereocenters. The highest BCUT2D eigenvalue weighted by Crippen LogP contribution is 2.27. The number of nitrogens with zero attached hydrogens (tertiary/aromatic N) is 1. The monoisotopic (exact) mass is 415 g/mol. The fraction of sp³-hybridized carbons (Fsp3) is 0.273. The van der Waals surface area contributed by atoms with E-state index in [2.05, 4.69) is 0 Å². The summed E-state index contributed by atoms with van der Waals surface area (Å²) in [6, 6.07) is 7.33. The van der Waals surface area contributed by atoms with Crippen molar-refractivity contribution >= 4 is 18.0 Å². The second-order valence-electron chi connectivity index (χ2n) is 6.74. The molecular weight excluding hydrogens is 390 g/mol. The summed E-state index contributed by atoms with van der Waals surface area (Å²) in [5.74, 6) is -2.26. The Balaban J connectivity index is 2.21. The van der Waals surface area contributed by atoms with Crippen LogP contribution in [0.3, 0.4) is 0 Å². The van der Waals surface area contributed by atoms with Crippen molar-refractivity contribution in [2.24, 2.45) is 0 Å². The first-order valence-electron chi connectivity index (χ1n) is 9.37. The number of ether oxygens (including phenoxy) is 1. The third-order valence-corrected chi connectivity index (χ3v) is 4.42. The lowest BCUT2D eigenvalue weighted by atomic mass is 10.0. The molecule has 0 radical (unpaired) electrons. The molecule has 0 bridgehead atoms. The van der Waals surface area contributed by atoms with Crippen LogP contribution in [0.2, 0.25) is 0 Å². The first-order valence-corrected chi connectivity index (χ1v) is 9.37. The number of carbonyl (C=O) groups is 2.